The van der Waals surface area contributed by atoms with Crippen molar-refractivity contribution >= 4 is 6.09 Å². The standard InChI is InChI=1S/C20H34N2O5/c1-20(2,3)27-19(23)21-10-12-25-14-15-26-13-11-22(4)16-17-6-8-18(24-5)9-7-17/h6-9H,10-16H2,1-5H3,(H,21,23). The summed E-state index contributed by atoms with van der Waals surface area (Å²) < 4.78 is 21.3. The van der Waals surface area contributed by atoms with Crippen molar-refractivity contribution in [3.8, 4) is 5.75 Å². The van der Waals surface area contributed by atoms with Gasteiger partial charge in [0.1, 0.15) is 11.4 Å². The largest absolute Gasteiger partial charge is 0.497 e. The Balaban J connectivity index is 1.96. The Bertz CT molecular complexity index is 528. The van der Waals surface area contributed by atoms with Crippen LogP contribution in [0.25, 0.3) is 0 Å². The van der Waals surface area contributed by atoms with E-state index in [2.05, 4.69) is 29.4 Å². The van der Waals surface area contributed by atoms with Crippen molar-refractivity contribution in [2.75, 3.05) is 53.7 Å². The molecule has 0 saturated heterocycles. The summed E-state index contributed by atoms with van der Waals surface area (Å²) in [7, 11) is 3.73. The van der Waals surface area contributed by atoms with Crippen LogP contribution in [0.3, 0.4) is 0 Å². The number of ether oxygens (including phenoxy) is 4. The molecule has 1 aromatic rings. The summed E-state index contributed by atoms with van der Waals surface area (Å²) in [6.45, 7) is 9.71. The van der Waals surface area contributed by atoms with E-state index in [1.54, 1.807) is 7.11 Å². The molecule has 0 unspecified atom stereocenters. The third kappa shape index (κ3) is 12.2. The Labute approximate surface area is 162 Å². The number of amides is 1. The van der Waals surface area contributed by atoms with E-state index in [1.165, 1.54) is 5.56 Å². The van der Waals surface area contributed by atoms with Gasteiger partial charge in [-0.2, -0.15) is 0 Å². The first-order chi connectivity index (χ1) is 12.8. The van der Waals surface area contributed by atoms with Gasteiger partial charge >= 0.3 is 6.09 Å². The number of carbonyl (C=O) groups is 1. The van der Waals surface area contributed by atoms with Gasteiger partial charge in [-0.25, -0.2) is 4.79 Å². The van der Waals surface area contributed by atoms with Gasteiger partial charge in [-0.05, 0) is 45.5 Å². The van der Waals surface area contributed by atoms with Crippen LogP contribution in [0, 0.1) is 0 Å². The van der Waals surface area contributed by atoms with E-state index in [0.717, 1.165) is 18.8 Å². The second kappa shape index (κ2) is 12.5. The maximum Gasteiger partial charge on any atom is 0.407 e. The minimum absolute atomic E-state index is 0.416. The molecule has 0 bridgehead atoms. The number of alkyl carbamates (subject to hydrolysis) is 1. The van der Waals surface area contributed by atoms with E-state index in [9.17, 15) is 4.79 Å². The van der Waals surface area contributed by atoms with Crippen molar-refractivity contribution in [3.63, 3.8) is 0 Å². The van der Waals surface area contributed by atoms with E-state index in [-0.39, 0.29) is 0 Å². The molecular weight excluding hydrogens is 348 g/mol. The molecule has 1 amide bonds. The van der Waals surface area contributed by atoms with Gasteiger partial charge in [-0.3, -0.25) is 4.90 Å². The van der Waals surface area contributed by atoms with Gasteiger partial charge in [0.05, 0.1) is 33.5 Å². The van der Waals surface area contributed by atoms with Crippen LogP contribution in [0.1, 0.15) is 26.3 Å². The smallest absolute Gasteiger partial charge is 0.407 e. The molecule has 0 aliphatic carbocycles. The average Bonchev–Trinajstić information content (AvgIpc) is 2.59. The number of benzene rings is 1. The summed E-state index contributed by atoms with van der Waals surface area (Å²) in [5.41, 5.74) is 0.749. The fraction of sp³-hybridized carbons (Fsp3) is 0.650. The van der Waals surface area contributed by atoms with Crippen LogP contribution in [0.4, 0.5) is 4.79 Å². The minimum Gasteiger partial charge on any atom is -0.497 e. The van der Waals surface area contributed by atoms with Crippen molar-refractivity contribution in [1.29, 1.82) is 0 Å². The molecule has 1 N–H and O–H groups in total. The lowest BCUT2D eigenvalue weighted by Gasteiger charge is -2.19. The number of carbonyl (C=O) groups excluding carboxylic acids is 1. The molecule has 0 atom stereocenters. The predicted octanol–water partition coefficient (Wildman–Crippen LogP) is 2.68. The lowest BCUT2D eigenvalue weighted by molar-refractivity contribution is 0.0356. The predicted molar refractivity (Wildman–Crippen MR) is 105 cm³/mol. The third-order valence-corrected chi connectivity index (χ3v) is 3.52. The minimum atomic E-state index is -0.487. The molecule has 0 spiro atoms. The molecule has 0 heterocycles. The highest BCUT2D eigenvalue weighted by molar-refractivity contribution is 5.67. The third-order valence-electron chi connectivity index (χ3n) is 3.52. The topological polar surface area (TPSA) is 69.3 Å². The molecule has 0 radical (unpaired) electrons. The van der Waals surface area contributed by atoms with E-state index >= 15 is 0 Å². The molecule has 154 valence electrons. The number of nitrogens with one attached hydrogen (secondary N) is 1. The van der Waals surface area contributed by atoms with Gasteiger partial charge < -0.3 is 24.3 Å². The molecule has 0 aliphatic rings. The molecule has 27 heavy (non-hydrogen) atoms. The van der Waals surface area contributed by atoms with Gasteiger partial charge in [0, 0.05) is 19.6 Å². The van der Waals surface area contributed by atoms with Crippen molar-refractivity contribution in [2.45, 2.75) is 32.9 Å². The Morgan fingerprint density at radius 1 is 1.04 bits per heavy atom. The summed E-state index contributed by atoms with van der Waals surface area (Å²) in [6, 6.07) is 8.06. The SMILES string of the molecule is COc1ccc(CN(C)CCOCCOCCNC(=O)OC(C)(C)C)cc1. The van der Waals surface area contributed by atoms with Gasteiger partial charge in [0.15, 0.2) is 0 Å². The normalized spacial score (nSPS) is 11.5. The van der Waals surface area contributed by atoms with Crippen LogP contribution >= 0.6 is 0 Å². The molecular formula is C20H34N2O5. The first-order valence-electron chi connectivity index (χ1n) is 9.24. The van der Waals surface area contributed by atoms with E-state index in [1.807, 2.05) is 32.9 Å². The number of hydrogen-bond donors (Lipinski definition) is 1. The Morgan fingerprint density at radius 3 is 2.26 bits per heavy atom. The maximum atomic E-state index is 11.4. The van der Waals surface area contributed by atoms with Crippen molar-refractivity contribution < 1.29 is 23.7 Å². The summed E-state index contributed by atoms with van der Waals surface area (Å²) in [4.78, 5) is 13.6. The highest BCUT2D eigenvalue weighted by Crippen LogP contribution is 2.12. The zero-order chi connectivity index (χ0) is 20.1. The molecule has 0 saturated carbocycles. The van der Waals surface area contributed by atoms with Crippen LogP contribution in [0.2, 0.25) is 0 Å². The summed E-state index contributed by atoms with van der Waals surface area (Å²) in [5, 5.41) is 2.65. The van der Waals surface area contributed by atoms with E-state index in [4.69, 9.17) is 18.9 Å². The first kappa shape index (κ1) is 23.2. The number of rotatable bonds is 12. The van der Waals surface area contributed by atoms with Crippen LogP contribution < -0.4 is 10.1 Å². The molecule has 0 aromatic heterocycles. The molecule has 7 heteroatoms. The number of likely N-dealkylation sites (N-methyl/N-ethyl adjacent to an activating group) is 1. The second-order valence-corrected chi connectivity index (χ2v) is 7.24. The van der Waals surface area contributed by atoms with Crippen LogP contribution in [0.5, 0.6) is 5.75 Å². The summed E-state index contributed by atoms with van der Waals surface area (Å²) >= 11 is 0. The van der Waals surface area contributed by atoms with Crippen molar-refractivity contribution in [1.82, 2.24) is 10.2 Å². The highest BCUT2D eigenvalue weighted by Gasteiger charge is 2.15. The van der Waals surface area contributed by atoms with Gasteiger partial charge in [0.25, 0.3) is 0 Å². The highest BCUT2D eigenvalue weighted by atomic mass is 16.6. The fourth-order valence-electron chi connectivity index (χ4n) is 2.20. The monoisotopic (exact) mass is 382 g/mol. The quantitative estimate of drug-likeness (QED) is 0.561. The summed E-state index contributed by atoms with van der Waals surface area (Å²) in [6.07, 6.45) is -0.428. The summed E-state index contributed by atoms with van der Waals surface area (Å²) in [5.74, 6) is 0.867. The molecule has 1 rings (SSSR count). The van der Waals surface area contributed by atoms with Gasteiger partial charge in [-0.15, -0.1) is 0 Å². The van der Waals surface area contributed by atoms with Crippen molar-refractivity contribution in [2.24, 2.45) is 0 Å². The number of hydrogen-bond acceptors (Lipinski definition) is 6. The number of methoxy groups -OCH3 is 1. The number of nitrogens with zero attached hydrogens (tertiary/aromatic N) is 1. The Hall–Kier alpha value is -1.83. The lowest BCUT2D eigenvalue weighted by Crippen LogP contribution is -2.34. The molecule has 0 aliphatic heterocycles. The van der Waals surface area contributed by atoms with E-state index in [0.29, 0.717) is 33.0 Å². The fourth-order valence-corrected chi connectivity index (χ4v) is 2.20. The molecule has 1 aromatic carbocycles. The molecule has 7 nitrogen and oxygen atoms in total. The lowest BCUT2D eigenvalue weighted by atomic mass is 10.2. The van der Waals surface area contributed by atoms with Gasteiger partial charge in [-0.1, -0.05) is 12.1 Å². The van der Waals surface area contributed by atoms with Gasteiger partial charge in [0.2, 0.25) is 0 Å². The zero-order valence-electron chi connectivity index (χ0n) is 17.2. The Morgan fingerprint density at radius 2 is 1.67 bits per heavy atom. The van der Waals surface area contributed by atoms with Crippen molar-refractivity contribution in [3.05, 3.63) is 29.8 Å². The Kier molecular flexibility index (Phi) is 10.8. The zero-order valence-corrected chi connectivity index (χ0v) is 17.2. The van der Waals surface area contributed by atoms with E-state index < -0.39 is 11.7 Å². The average molecular weight is 383 g/mol. The maximum absolute atomic E-state index is 11.4. The second-order valence-electron chi connectivity index (χ2n) is 7.24. The van der Waals surface area contributed by atoms with Crippen LogP contribution in [-0.4, -0.2) is 70.3 Å². The molecule has 0 fully saturated rings. The first-order valence-corrected chi connectivity index (χ1v) is 9.24. The van der Waals surface area contributed by atoms with Crippen LogP contribution in [-0.2, 0) is 20.8 Å². The van der Waals surface area contributed by atoms with Crippen LogP contribution in [0.15, 0.2) is 24.3 Å².